The van der Waals surface area contributed by atoms with Crippen molar-refractivity contribution in [1.29, 1.82) is 0 Å². The topological polar surface area (TPSA) is 24.9 Å². The van der Waals surface area contributed by atoms with E-state index in [-0.39, 0.29) is 11.9 Å². The van der Waals surface area contributed by atoms with Gasteiger partial charge in [0.05, 0.1) is 0 Å². The Hall–Kier alpha value is -1.39. The van der Waals surface area contributed by atoms with Crippen molar-refractivity contribution in [2.24, 2.45) is 0 Å². The van der Waals surface area contributed by atoms with Crippen molar-refractivity contribution >= 4 is 11.8 Å². The number of aryl methyl sites for hydroxylation is 1. The summed E-state index contributed by atoms with van der Waals surface area (Å²) in [6.45, 7) is 5.16. The number of hydrogen-bond acceptors (Lipinski definition) is 3. The van der Waals surface area contributed by atoms with Crippen LogP contribution in [0, 0.1) is 12.7 Å². The Labute approximate surface area is 130 Å². The molecule has 0 radical (unpaired) electrons. The fourth-order valence-corrected chi connectivity index (χ4v) is 3.14. The van der Waals surface area contributed by atoms with Crippen LogP contribution in [0.5, 0.6) is 0 Å². The molecular weight excluding hydrogens is 283 g/mol. The first-order valence-electron chi connectivity index (χ1n) is 7.22. The fraction of sp³-hybridized carbons (Fsp3) is 0.353. The molecule has 112 valence electrons. The lowest BCUT2D eigenvalue weighted by molar-refractivity contribution is 0.575. The lowest BCUT2D eigenvalue weighted by Crippen LogP contribution is -2.24. The van der Waals surface area contributed by atoms with Crippen LogP contribution in [0.2, 0.25) is 0 Å². The van der Waals surface area contributed by atoms with Crippen molar-refractivity contribution in [3.05, 3.63) is 59.7 Å². The van der Waals surface area contributed by atoms with Crippen molar-refractivity contribution in [3.8, 4) is 0 Å². The highest BCUT2D eigenvalue weighted by Gasteiger charge is 2.12. The van der Waals surface area contributed by atoms with Crippen LogP contribution in [0.25, 0.3) is 0 Å². The summed E-state index contributed by atoms with van der Waals surface area (Å²) >= 11 is 1.66. The zero-order valence-corrected chi connectivity index (χ0v) is 13.3. The van der Waals surface area contributed by atoms with E-state index in [0.717, 1.165) is 29.2 Å². The van der Waals surface area contributed by atoms with Gasteiger partial charge in [-0.3, -0.25) is 4.98 Å². The van der Waals surface area contributed by atoms with Gasteiger partial charge in [-0.15, -0.1) is 11.8 Å². The van der Waals surface area contributed by atoms with Gasteiger partial charge in [0.25, 0.3) is 0 Å². The Morgan fingerprint density at radius 2 is 2.14 bits per heavy atom. The van der Waals surface area contributed by atoms with Gasteiger partial charge in [0.1, 0.15) is 5.82 Å². The van der Waals surface area contributed by atoms with E-state index < -0.39 is 0 Å². The maximum absolute atomic E-state index is 13.2. The van der Waals surface area contributed by atoms with Gasteiger partial charge in [-0.25, -0.2) is 4.39 Å². The van der Waals surface area contributed by atoms with Gasteiger partial charge in [0.15, 0.2) is 0 Å². The molecule has 0 aliphatic heterocycles. The molecule has 4 heteroatoms. The van der Waals surface area contributed by atoms with Crippen LogP contribution >= 0.6 is 11.8 Å². The smallest absolute Gasteiger partial charge is 0.124 e. The minimum atomic E-state index is -0.185. The minimum Gasteiger partial charge on any atom is -0.309 e. The van der Waals surface area contributed by atoms with Gasteiger partial charge >= 0.3 is 0 Å². The summed E-state index contributed by atoms with van der Waals surface area (Å²) in [7, 11) is 0. The molecule has 0 spiro atoms. The zero-order valence-electron chi connectivity index (χ0n) is 12.5. The van der Waals surface area contributed by atoms with Gasteiger partial charge in [-0.05, 0) is 49.2 Å². The number of aromatic nitrogens is 1. The van der Waals surface area contributed by atoms with Crippen LogP contribution < -0.4 is 5.32 Å². The Bertz CT molecular complexity index is 574. The standard InChI is InChI=1S/C17H21FN2S/c1-3-7-20-17(14-8-13(2)10-19-11-14)12-21-16-6-4-5-15(18)9-16/h4-6,8-11,17,20H,3,7,12H2,1-2H3. The Morgan fingerprint density at radius 3 is 2.86 bits per heavy atom. The number of halogens is 1. The van der Waals surface area contributed by atoms with Crippen molar-refractivity contribution in [3.63, 3.8) is 0 Å². The number of pyridine rings is 1. The third-order valence-corrected chi connectivity index (χ3v) is 4.24. The van der Waals surface area contributed by atoms with E-state index in [9.17, 15) is 4.39 Å². The molecule has 2 rings (SSSR count). The SMILES string of the molecule is CCCNC(CSc1cccc(F)c1)c1cncc(C)c1. The number of thioether (sulfide) groups is 1. The maximum atomic E-state index is 13.2. The van der Waals surface area contributed by atoms with E-state index in [1.807, 2.05) is 25.4 Å². The summed E-state index contributed by atoms with van der Waals surface area (Å²) in [5, 5.41) is 3.54. The quantitative estimate of drug-likeness (QED) is 0.769. The van der Waals surface area contributed by atoms with Crippen molar-refractivity contribution in [1.82, 2.24) is 10.3 Å². The molecule has 0 amide bonds. The van der Waals surface area contributed by atoms with Crippen molar-refractivity contribution in [2.45, 2.75) is 31.2 Å². The second-order valence-corrected chi connectivity index (χ2v) is 6.16. The van der Waals surface area contributed by atoms with E-state index in [0.29, 0.717) is 0 Å². The summed E-state index contributed by atoms with van der Waals surface area (Å²) in [5.74, 6) is 0.671. The number of benzene rings is 1. The number of hydrogen-bond donors (Lipinski definition) is 1. The van der Waals surface area contributed by atoms with Crippen LogP contribution in [0.4, 0.5) is 4.39 Å². The van der Waals surface area contributed by atoms with E-state index >= 15 is 0 Å². The predicted octanol–water partition coefficient (Wildman–Crippen LogP) is 4.36. The second kappa shape index (κ2) is 8.15. The first kappa shape index (κ1) is 16.0. The molecule has 1 heterocycles. The molecule has 1 unspecified atom stereocenters. The average molecular weight is 304 g/mol. The molecule has 21 heavy (non-hydrogen) atoms. The predicted molar refractivity (Wildman–Crippen MR) is 87.1 cm³/mol. The molecule has 0 bridgehead atoms. The van der Waals surface area contributed by atoms with Gasteiger partial charge < -0.3 is 5.32 Å². The van der Waals surface area contributed by atoms with Gasteiger partial charge in [0, 0.05) is 29.1 Å². The molecule has 1 N–H and O–H groups in total. The molecule has 1 aromatic heterocycles. The van der Waals surface area contributed by atoms with E-state index in [1.165, 1.54) is 11.6 Å². The van der Waals surface area contributed by atoms with Gasteiger partial charge in [-0.1, -0.05) is 19.1 Å². The Balaban J connectivity index is 2.06. The van der Waals surface area contributed by atoms with E-state index in [4.69, 9.17) is 0 Å². The normalized spacial score (nSPS) is 12.3. The third-order valence-electron chi connectivity index (χ3n) is 3.15. The zero-order chi connectivity index (χ0) is 15.1. The lowest BCUT2D eigenvalue weighted by atomic mass is 10.1. The average Bonchev–Trinajstić information content (AvgIpc) is 2.47. The first-order chi connectivity index (χ1) is 10.2. The summed E-state index contributed by atoms with van der Waals surface area (Å²) < 4.78 is 13.2. The number of nitrogens with zero attached hydrogens (tertiary/aromatic N) is 1. The molecule has 1 atom stereocenters. The molecular formula is C17H21FN2S. The molecule has 2 aromatic rings. The van der Waals surface area contributed by atoms with Crippen molar-refractivity contribution in [2.75, 3.05) is 12.3 Å². The molecule has 2 nitrogen and oxygen atoms in total. The van der Waals surface area contributed by atoms with Crippen LogP contribution in [-0.4, -0.2) is 17.3 Å². The van der Waals surface area contributed by atoms with Gasteiger partial charge in [-0.2, -0.15) is 0 Å². The largest absolute Gasteiger partial charge is 0.309 e. The molecule has 0 aliphatic carbocycles. The summed E-state index contributed by atoms with van der Waals surface area (Å²) in [6.07, 6.45) is 4.85. The highest BCUT2D eigenvalue weighted by atomic mass is 32.2. The highest BCUT2D eigenvalue weighted by molar-refractivity contribution is 7.99. The van der Waals surface area contributed by atoms with Crippen LogP contribution in [0.1, 0.15) is 30.5 Å². The van der Waals surface area contributed by atoms with Crippen molar-refractivity contribution < 1.29 is 4.39 Å². The lowest BCUT2D eigenvalue weighted by Gasteiger charge is -2.18. The fourth-order valence-electron chi connectivity index (χ4n) is 2.10. The maximum Gasteiger partial charge on any atom is 0.124 e. The Morgan fingerprint density at radius 1 is 1.29 bits per heavy atom. The monoisotopic (exact) mass is 304 g/mol. The summed E-state index contributed by atoms with van der Waals surface area (Å²) in [4.78, 5) is 5.23. The first-order valence-corrected chi connectivity index (χ1v) is 8.21. The molecule has 1 aromatic carbocycles. The van der Waals surface area contributed by atoms with Crippen LogP contribution in [0.15, 0.2) is 47.6 Å². The van der Waals surface area contributed by atoms with E-state index in [1.54, 1.807) is 23.9 Å². The second-order valence-electron chi connectivity index (χ2n) is 5.07. The number of nitrogens with one attached hydrogen (secondary N) is 1. The van der Waals surface area contributed by atoms with Gasteiger partial charge in [0.2, 0.25) is 0 Å². The number of rotatable bonds is 7. The van der Waals surface area contributed by atoms with E-state index in [2.05, 4.69) is 23.3 Å². The molecule has 0 aliphatic rings. The summed E-state index contributed by atoms with van der Waals surface area (Å²) in [6, 6.07) is 9.13. The third kappa shape index (κ3) is 5.14. The molecule has 0 fully saturated rings. The van der Waals surface area contributed by atoms with Crippen LogP contribution in [0.3, 0.4) is 0 Å². The molecule has 0 saturated heterocycles. The summed E-state index contributed by atoms with van der Waals surface area (Å²) in [5.41, 5.74) is 2.35. The molecule has 0 saturated carbocycles. The van der Waals surface area contributed by atoms with Crippen LogP contribution in [-0.2, 0) is 0 Å². The minimum absolute atomic E-state index is 0.185. The highest BCUT2D eigenvalue weighted by Crippen LogP contribution is 2.25. The Kier molecular flexibility index (Phi) is 6.21.